The lowest BCUT2D eigenvalue weighted by Gasteiger charge is -2.15. The minimum absolute atomic E-state index is 0.241. The Bertz CT molecular complexity index is 1300. The van der Waals surface area contributed by atoms with Gasteiger partial charge in [0.2, 0.25) is 0 Å². The van der Waals surface area contributed by atoms with Crippen LogP contribution >= 0.6 is 11.8 Å². The van der Waals surface area contributed by atoms with Crippen LogP contribution in [0.2, 0.25) is 0 Å². The van der Waals surface area contributed by atoms with Crippen LogP contribution in [-0.2, 0) is 20.8 Å². The summed E-state index contributed by atoms with van der Waals surface area (Å²) in [4.78, 5) is 23.2. The van der Waals surface area contributed by atoms with E-state index in [9.17, 15) is 4.79 Å². The normalized spacial score (nSPS) is 11.4. The van der Waals surface area contributed by atoms with Crippen molar-refractivity contribution in [3.63, 3.8) is 0 Å². The largest absolute Gasteiger partial charge is 0.491 e. The minimum Gasteiger partial charge on any atom is -0.491 e. The summed E-state index contributed by atoms with van der Waals surface area (Å²) in [6.07, 6.45) is 2.34. The summed E-state index contributed by atoms with van der Waals surface area (Å²) in [5, 5.41) is -0.326. The molecule has 1 atom stereocenters. The van der Waals surface area contributed by atoms with E-state index in [1.54, 1.807) is 6.20 Å². The Hall–Kier alpha value is -4.07. The van der Waals surface area contributed by atoms with Crippen LogP contribution in [0.25, 0.3) is 17.0 Å². The molecule has 0 aliphatic heterocycles. The number of ether oxygens (including phenoxy) is 2. The van der Waals surface area contributed by atoms with Crippen molar-refractivity contribution in [2.24, 2.45) is 0 Å². The van der Waals surface area contributed by atoms with E-state index in [0.29, 0.717) is 25.3 Å². The van der Waals surface area contributed by atoms with Crippen LogP contribution in [0.5, 0.6) is 5.75 Å². The molecule has 6 nitrogen and oxygen atoms in total. The molecule has 0 saturated carbocycles. The van der Waals surface area contributed by atoms with Crippen LogP contribution in [0.1, 0.15) is 11.1 Å². The molecular weight excluding hydrogens is 496 g/mol. The van der Waals surface area contributed by atoms with Gasteiger partial charge in [0, 0.05) is 16.7 Å². The second-order valence-corrected chi connectivity index (χ2v) is 9.64. The molecular formula is C31H30N2O4S. The van der Waals surface area contributed by atoms with Crippen LogP contribution in [0.3, 0.4) is 0 Å². The number of carbonyl (C=O) groups excluding carboxylic acids is 1. The maximum Gasteiger partial charge on any atom is 0.319 e. The van der Waals surface area contributed by atoms with E-state index < -0.39 is 0 Å². The lowest BCUT2D eigenvalue weighted by atomic mass is 10.1. The van der Waals surface area contributed by atoms with Gasteiger partial charge in [-0.3, -0.25) is 20.1 Å². The summed E-state index contributed by atoms with van der Waals surface area (Å²) in [7, 11) is 1.42. The zero-order valence-corrected chi connectivity index (χ0v) is 22.0. The highest BCUT2D eigenvalue weighted by molar-refractivity contribution is 8.00. The summed E-state index contributed by atoms with van der Waals surface area (Å²) < 4.78 is 10.8. The molecule has 1 aromatic heterocycles. The SMILES string of the molecule is C=C(NOCCOc1ccc(CC(Sc2ccccc2)C(=O)OC)cc1)c1ccc(-c2ccccn2)cc1. The van der Waals surface area contributed by atoms with E-state index in [1.165, 1.54) is 18.9 Å². The molecule has 3 aromatic carbocycles. The number of methoxy groups -OCH3 is 1. The first kappa shape index (κ1) is 27.0. The van der Waals surface area contributed by atoms with E-state index in [4.69, 9.17) is 14.3 Å². The van der Waals surface area contributed by atoms with Crippen LogP contribution < -0.4 is 10.2 Å². The van der Waals surface area contributed by atoms with Gasteiger partial charge >= 0.3 is 5.97 Å². The van der Waals surface area contributed by atoms with Crippen molar-refractivity contribution in [2.45, 2.75) is 16.6 Å². The average molecular weight is 527 g/mol. The first-order valence-corrected chi connectivity index (χ1v) is 13.1. The first-order valence-electron chi connectivity index (χ1n) is 12.2. The molecule has 0 fully saturated rings. The van der Waals surface area contributed by atoms with Gasteiger partial charge < -0.3 is 9.47 Å². The van der Waals surface area contributed by atoms with Gasteiger partial charge in [0.25, 0.3) is 0 Å². The van der Waals surface area contributed by atoms with Crippen molar-refractivity contribution in [3.05, 3.63) is 121 Å². The number of esters is 1. The number of thioether (sulfide) groups is 1. The zero-order chi connectivity index (χ0) is 26.6. The van der Waals surface area contributed by atoms with Crippen LogP contribution in [0.15, 0.2) is 115 Å². The molecule has 0 aliphatic carbocycles. The molecule has 0 radical (unpaired) electrons. The molecule has 1 heterocycles. The molecule has 0 bridgehead atoms. The fraction of sp³-hybridized carbons (Fsp3) is 0.161. The molecule has 38 heavy (non-hydrogen) atoms. The molecule has 0 amide bonds. The predicted molar refractivity (Wildman–Crippen MR) is 152 cm³/mol. The third-order valence-corrected chi connectivity index (χ3v) is 6.86. The van der Waals surface area contributed by atoms with Crippen LogP contribution in [0.4, 0.5) is 0 Å². The van der Waals surface area contributed by atoms with E-state index in [1.807, 2.05) is 97.1 Å². The predicted octanol–water partition coefficient (Wildman–Crippen LogP) is 6.20. The smallest absolute Gasteiger partial charge is 0.319 e. The number of hydroxylamine groups is 1. The zero-order valence-electron chi connectivity index (χ0n) is 21.2. The number of benzene rings is 3. The Morgan fingerprint density at radius 3 is 2.34 bits per heavy atom. The van der Waals surface area contributed by atoms with Crippen LogP contribution in [-0.4, -0.2) is 36.5 Å². The van der Waals surface area contributed by atoms with Gasteiger partial charge in [0.1, 0.15) is 24.2 Å². The topological polar surface area (TPSA) is 69.7 Å². The van der Waals surface area contributed by atoms with E-state index in [2.05, 4.69) is 17.0 Å². The summed E-state index contributed by atoms with van der Waals surface area (Å²) in [5.74, 6) is 0.487. The van der Waals surface area contributed by atoms with Crippen molar-refractivity contribution in [3.8, 4) is 17.0 Å². The molecule has 1 N–H and O–H groups in total. The summed E-state index contributed by atoms with van der Waals surface area (Å²) >= 11 is 1.50. The minimum atomic E-state index is -0.326. The molecule has 4 aromatic rings. The Labute approximate surface area is 227 Å². The van der Waals surface area contributed by atoms with E-state index in [0.717, 1.165) is 33.0 Å². The lowest BCUT2D eigenvalue weighted by molar-refractivity contribution is -0.139. The summed E-state index contributed by atoms with van der Waals surface area (Å²) in [5.41, 5.74) is 7.46. The van der Waals surface area contributed by atoms with Crippen molar-refractivity contribution in [2.75, 3.05) is 20.3 Å². The number of carbonyl (C=O) groups is 1. The number of nitrogens with zero attached hydrogens (tertiary/aromatic N) is 1. The Morgan fingerprint density at radius 2 is 1.66 bits per heavy atom. The van der Waals surface area contributed by atoms with Crippen molar-refractivity contribution >= 4 is 23.4 Å². The Kier molecular flexibility index (Phi) is 9.96. The maximum absolute atomic E-state index is 12.3. The average Bonchev–Trinajstić information content (AvgIpc) is 2.98. The van der Waals surface area contributed by atoms with Crippen molar-refractivity contribution < 1.29 is 19.1 Å². The lowest BCUT2D eigenvalue weighted by Crippen LogP contribution is -2.21. The van der Waals surface area contributed by atoms with Crippen LogP contribution in [0, 0.1) is 0 Å². The van der Waals surface area contributed by atoms with Gasteiger partial charge in [-0.25, -0.2) is 0 Å². The highest BCUT2D eigenvalue weighted by Gasteiger charge is 2.21. The fourth-order valence-corrected chi connectivity index (χ4v) is 4.79. The third-order valence-electron chi connectivity index (χ3n) is 5.67. The molecule has 194 valence electrons. The summed E-state index contributed by atoms with van der Waals surface area (Å²) in [6, 6.07) is 31.4. The highest BCUT2D eigenvalue weighted by atomic mass is 32.2. The van der Waals surface area contributed by atoms with E-state index >= 15 is 0 Å². The van der Waals surface area contributed by atoms with Crippen molar-refractivity contribution in [1.82, 2.24) is 10.5 Å². The molecule has 7 heteroatoms. The Balaban J connectivity index is 1.19. The molecule has 0 spiro atoms. The standard InChI is InChI=1S/C31H30N2O4S/c1-23(25-13-15-26(16-14-25)29-10-6-7-19-32-29)33-37-21-20-36-27-17-11-24(12-18-27)22-30(31(34)35-2)38-28-8-4-3-5-9-28/h3-19,30,33H,1,20-22H2,2H3. The number of hydrogen-bond donors (Lipinski definition) is 1. The number of rotatable bonds is 13. The first-order chi connectivity index (χ1) is 18.6. The number of aromatic nitrogens is 1. The maximum atomic E-state index is 12.3. The van der Waals surface area contributed by atoms with E-state index in [-0.39, 0.29) is 11.2 Å². The summed E-state index contributed by atoms with van der Waals surface area (Å²) in [6.45, 7) is 4.74. The van der Waals surface area contributed by atoms with Gasteiger partial charge in [0.05, 0.1) is 18.5 Å². The van der Waals surface area contributed by atoms with Gasteiger partial charge in [0.15, 0.2) is 0 Å². The van der Waals surface area contributed by atoms with Gasteiger partial charge in [-0.2, -0.15) is 0 Å². The number of nitrogens with one attached hydrogen (secondary N) is 1. The monoisotopic (exact) mass is 526 g/mol. The van der Waals surface area contributed by atoms with Gasteiger partial charge in [-0.1, -0.05) is 67.2 Å². The fourth-order valence-electron chi connectivity index (χ4n) is 3.68. The van der Waals surface area contributed by atoms with Crippen molar-refractivity contribution in [1.29, 1.82) is 0 Å². The quantitative estimate of drug-likeness (QED) is 0.0963. The molecule has 0 aliphatic rings. The second kappa shape index (κ2) is 14.0. The second-order valence-electron chi connectivity index (χ2n) is 8.36. The van der Waals surface area contributed by atoms with Gasteiger partial charge in [-0.05, 0) is 53.9 Å². The third kappa shape index (κ3) is 7.96. The molecule has 1 unspecified atom stereocenters. The number of hydrogen-bond acceptors (Lipinski definition) is 7. The molecule has 0 saturated heterocycles. The Morgan fingerprint density at radius 1 is 0.921 bits per heavy atom. The highest BCUT2D eigenvalue weighted by Crippen LogP contribution is 2.27. The molecule has 4 rings (SSSR count). The number of pyridine rings is 1. The van der Waals surface area contributed by atoms with Gasteiger partial charge in [-0.15, -0.1) is 11.8 Å².